The zero-order valence-electron chi connectivity index (χ0n) is 16.3. The Morgan fingerprint density at radius 2 is 1.77 bits per heavy atom. The summed E-state index contributed by atoms with van der Waals surface area (Å²) in [5.74, 6) is -2.54. The van der Waals surface area contributed by atoms with Gasteiger partial charge in [0.2, 0.25) is 0 Å². The molecule has 0 aliphatic carbocycles. The number of halogens is 1. The minimum absolute atomic E-state index is 0.0605. The first-order valence-corrected chi connectivity index (χ1v) is 9.80. The summed E-state index contributed by atoms with van der Waals surface area (Å²) in [6.45, 7) is 0. The normalized spacial score (nSPS) is 11.2. The Labute approximate surface area is 172 Å². The molecule has 2 aromatic carbocycles. The number of amides is 1. The maximum Gasteiger partial charge on any atom is 0.330 e. The lowest BCUT2D eigenvalue weighted by Crippen LogP contribution is -2.42. The first kappa shape index (κ1) is 22.8. The topological polar surface area (TPSA) is 120 Å². The molecule has 0 aromatic heterocycles. The van der Waals surface area contributed by atoms with Crippen molar-refractivity contribution >= 4 is 28.0 Å². The van der Waals surface area contributed by atoms with Gasteiger partial charge in [-0.15, -0.1) is 4.83 Å². The second-order valence-electron chi connectivity index (χ2n) is 5.65. The molecule has 30 heavy (non-hydrogen) atoms. The number of sulfonamides is 1. The number of carbonyl (C=O) groups is 2. The van der Waals surface area contributed by atoms with Crippen LogP contribution < -0.4 is 19.7 Å². The molecule has 1 amide bonds. The van der Waals surface area contributed by atoms with Crippen molar-refractivity contribution in [3.63, 3.8) is 0 Å². The van der Waals surface area contributed by atoms with Gasteiger partial charge in [0.15, 0.2) is 11.5 Å². The molecule has 2 N–H and O–H groups in total. The maximum absolute atomic E-state index is 13.7. The fourth-order valence-electron chi connectivity index (χ4n) is 2.36. The number of esters is 1. The molecule has 0 saturated carbocycles. The van der Waals surface area contributed by atoms with Crippen LogP contribution in [0, 0.1) is 5.82 Å². The number of rotatable bonds is 8. The molecule has 9 nitrogen and oxygen atoms in total. The van der Waals surface area contributed by atoms with Crippen molar-refractivity contribution in [3.05, 3.63) is 59.4 Å². The van der Waals surface area contributed by atoms with Gasteiger partial charge in [-0.25, -0.2) is 17.6 Å². The first-order valence-electron chi connectivity index (χ1n) is 8.32. The minimum atomic E-state index is -4.38. The number of benzene rings is 2. The van der Waals surface area contributed by atoms with E-state index in [9.17, 15) is 22.4 Å². The van der Waals surface area contributed by atoms with E-state index in [-0.39, 0.29) is 27.5 Å². The van der Waals surface area contributed by atoms with Gasteiger partial charge in [0.1, 0.15) is 10.7 Å². The molecule has 0 radical (unpaired) electrons. The van der Waals surface area contributed by atoms with E-state index in [4.69, 9.17) is 9.47 Å². The Bertz CT molecular complexity index is 1080. The fourth-order valence-corrected chi connectivity index (χ4v) is 3.42. The second-order valence-corrected chi connectivity index (χ2v) is 7.30. The van der Waals surface area contributed by atoms with Gasteiger partial charge >= 0.3 is 5.97 Å². The lowest BCUT2D eigenvalue weighted by molar-refractivity contribution is -0.134. The smallest absolute Gasteiger partial charge is 0.330 e. The number of hydrogen-bond acceptors (Lipinski definition) is 7. The quantitative estimate of drug-likeness (QED) is 0.365. The van der Waals surface area contributed by atoms with Gasteiger partial charge in [0.25, 0.3) is 15.9 Å². The van der Waals surface area contributed by atoms with E-state index >= 15 is 0 Å². The molecule has 0 aliphatic heterocycles. The van der Waals surface area contributed by atoms with Crippen molar-refractivity contribution in [1.29, 1.82) is 0 Å². The summed E-state index contributed by atoms with van der Waals surface area (Å²) in [5.41, 5.74) is 1.87. The average Bonchev–Trinajstić information content (AvgIpc) is 2.75. The summed E-state index contributed by atoms with van der Waals surface area (Å²) in [5, 5.41) is 0. The van der Waals surface area contributed by atoms with Crippen LogP contribution in [-0.4, -0.2) is 41.6 Å². The summed E-state index contributed by atoms with van der Waals surface area (Å²) in [7, 11) is -0.648. The second kappa shape index (κ2) is 9.85. The van der Waals surface area contributed by atoms with Crippen LogP contribution in [0.25, 0.3) is 6.08 Å². The van der Waals surface area contributed by atoms with Crippen molar-refractivity contribution in [2.75, 3.05) is 21.3 Å². The number of nitrogens with one attached hydrogen (secondary N) is 2. The minimum Gasteiger partial charge on any atom is -0.493 e. The molecular weight excluding hydrogens is 419 g/mol. The maximum atomic E-state index is 13.7. The lowest BCUT2D eigenvalue weighted by atomic mass is 10.2. The van der Waals surface area contributed by atoms with Crippen molar-refractivity contribution < 1.29 is 36.6 Å². The van der Waals surface area contributed by atoms with Crippen molar-refractivity contribution in [2.45, 2.75) is 4.90 Å². The van der Waals surface area contributed by atoms with Crippen LogP contribution in [0.3, 0.4) is 0 Å². The van der Waals surface area contributed by atoms with Crippen molar-refractivity contribution in [2.24, 2.45) is 0 Å². The molecule has 2 rings (SSSR count). The lowest BCUT2D eigenvalue weighted by Gasteiger charge is -2.15. The molecule has 0 spiro atoms. The van der Waals surface area contributed by atoms with Crippen LogP contribution >= 0.6 is 0 Å². The van der Waals surface area contributed by atoms with E-state index in [1.807, 2.05) is 10.3 Å². The van der Waals surface area contributed by atoms with Gasteiger partial charge in [-0.05, 0) is 35.9 Å². The highest BCUT2D eigenvalue weighted by Gasteiger charge is 2.25. The molecule has 2 aromatic rings. The largest absolute Gasteiger partial charge is 0.493 e. The van der Waals surface area contributed by atoms with Crippen molar-refractivity contribution in [3.8, 4) is 11.5 Å². The third-order valence-corrected chi connectivity index (χ3v) is 5.04. The highest BCUT2D eigenvalue weighted by atomic mass is 32.2. The Morgan fingerprint density at radius 3 is 2.37 bits per heavy atom. The number of hydrazine groups is 1. The number of methoxy groups -OCH3 is 3. The third kappa shape index (κ3) is 5.33. The fraction of sp³-hybridized carbons (Fsp3) is 0.158. The number of ether oxygens (including phenoxy) is 3. The predicted octanol–water partition coefficient (Wildman–Crippen LogP) is 1.65. The van der Waals surface area contributed by atoms with Gasteiger partial charge in [-0.3, -0.25) is 10.2 Å². The van der Waals surface area contributed by atoms with Crippen molar-refractivity contribution in [1.82, 2.24) is 10.3 Å². The van der Waals surface area contributed by atoms with E-state index in [2.05, 4.69) is 4.74 Å². The van der Waals surface area contributed by atoms with E-state index < -0.39 is 27.7 Å². The number of hydrogen-bond donors (Lipinski definition) is 2. The van der Waals surface area contributed by atoms with Gasteiger partial charge < -0.3 is 14.2 Å². The summed E-state index contributed by atoms with van der Waals surface area (Å²) in [4.78, 5) is 24.9. The molecule has 0 aliphatic rings. The summed E-state index contributed by atoms with van der Waals surface area (Å²) >= 11 is 0. The van der Waals surface area contributed by atoms with E-state index in [0.717, 1.165) is 12.1 Å². The third-order valence-electron chi connectivity index (χ3n) is 3.79. The van der Waals surface area contributed by atoms with Gasteiger partial charge in [0, 0.05) is 6.08 Å². The molecule has 0 bridgehead atoms. The van der Waals surface area contributed by atoms with Crippen LogP contribution in [0.15, 0.2) is 47.4 Å². The molecule has 0 heterocycles. The molecular formula is C19H19FN2O7S. The average molecular weight is 438 g/mol. The van der Waals surface area contributed by atoms with Crippen LogP contribution in [0.4, 0.5) is 4.39 Å². The molecule has 160 valence electrons. The SMILES string of the molecule is COC(=O)C=Cc1cc(OC)c(OC)c(S(=O)(=O)NNC(=O)c2ccccc2F)c1. The van der Waals surface area contributed by atoms with Crippen LogP contribution in [0.2, 0.25) is 0 Å². The zero-order chi connectivity index (χ0) is 22.3. The monoisotopic (exact) mass is 438 g/mol. The van der Waals surface area contributed by atoms with E-state index in [1.165, 1.54) is 57.7 Å². The zero-order valence-corrected chi connectivity index (χ0v) is 17.1. The van der Waals surface area contributed by atoms with Crippen LogP contribution in [0.5, 0.6) is 11.5 Å². The summed E-state index contributed by atoms with van der Waals surface area (Å²) in [6.07, 6.45) is 2.40. The summed E-state index contributed by atoms with van der Waals surface area (Å²) in [6, 6.07) is 7.71. The van der Waals surface area contributed by atoms with Crippen LogP contribution in [-0.2, 0) is 19.6 Å². The highest BCUT2D eigenvalue weighted by Crippen LogP contribution is 2.35. The van der Waals surface area contributed by atoms with Crippen LogP contribution in [0.1, 0.15) is 15.9 Å². The molecule has 0 unspecified atom stereocenters. The Balaban J connectivity index is 2.38. The highest BCUT2D eigenvalue weighted by molar-refractivity contribution is 7.89. The molecule has 0 saturated heterocycles. The molecule has 0 fully saturated rings. The standard InChI is InChI=1S/C19H19FN2O7S/c1-27-15-10-12(8-9-17(23)28-2)11-16(18(15)29-3)30(25,26)22-21-19(24)13-6-4-5-7-14(13)20/h4-11,22H,1-3H3,(H,21,24). The first-order chi connectivity index (χ1) is 14.2. The van der Waals surface area contributed by atoms with Gasteiger partial charge in [0.05, 0.1) is 26.9 Å². The van der Waals surface area contributed by atoms with Gasteiger partial charge in [-0.2, -0.15) is 0 Å². The van der Waals surface area contributed by atoms with E-state index in [1.54, 1.807) is 0 Å². The number of carbonyl (C=O) groups excluding carboxylic acids is 2. The molecule has 11 heteroatoms. The predicted molar refractivity (Wildman–Crippen MR) is 105 cm³/mol. The Morgan fingerprint density at radius 1 is 1.07 bits per heavy atom. The Kier molecular flexibility index (Phi) is 7.50. The Hall–Kier alpha value is -3.44. The molecule has 0 atom stereocenters. The van der Waals surface area contributed by atoms with Gasteiger partial charge in [-0.1, -0.05) is 12.1 Å². The van der Waals surface area contributed by atoms with E-state index in [0.29, 0.717) is 0 Å². The summed E-state index contributed by atoms with van der Waals surface area (Å²) < 4.78 is 54.0.